The molecular formula is C13H27N3O. The second-order valence-electron chi connectivity index (χ2n) is 5.51. The summed E-state index contributed by atoms with van der Waals surface area (Å²) in [6, 6.07) is 0.657. The highest BCUT2D eigenvalue weighted by atomic mass is 16.2. The maximum absolute atomic E-state index is 12.0. The van der Waals surface area contributed by atoms with Gasteiger partial charge in [-0.2, -0.15) is 0 Å². The first-order valence-electron chi connectivity index (χ1n) is 6.72. The predicted octanol–water partition coefficient (Wildman–Crippen LogP) is 0.914. The SMILES string of the molecule is CC(C)CN(CC(=O)N(C)CCCN)C1CC1. The van der Waals surface area contributed by atoms with E-state index < -0.39 is 0 Å². The zero-order valence-corrected chi connectivity index (χ0v) is 11.5. The van der Waals surface area contributed by atoms with Crippen LogP contribution in [0.4, 0.5) is 0 Å². The van der Waals surface area contributed by atoms with E-state index in [2.05, 4.69) is 18.7 Å². The lowest BCUT2D eigenvalue weighted by Gasteiger charge is -2.26. The highest BCUT2D eigenvalue weighted by molar-refractivity contribution is 5.78. The van der Waals surface area contributed by atoms with Crippen molar-refractivity contribution in [3.63, 3.8) is 0 Å². The van der Waals surface area contributed by atoms with Gasteiger partial charge in [-0.3, -0.25) is 9.69 Å². The lowest BCUT2D eigenvalue weighted by atomic mass is 10.2. The summed E-state index contributed by atoms with van der Waals surface area (Å²) in [5, 5.41) is 0. The summed E-state index contributed by atoms with van der Waals surface area (Å²) in [6.45, 7) is 7.44. The van der Waals surface area contributed by atoms with Gasteiger partial charge in [0.25, 0.3) is 0 Å². The van der Waals surface area contributed by atoms with Crippen LogP contribution in [-0.2, 0) is 4.79 Å². The highest BCUT2D eigenvalue weighted by Gasteiger charge is 2.30. The van der Waals surface area contributed by atoms with Crippen LogP contribution in [0.5, 0.6) is 0 Å². The first-order chi connectivity index (χ1) is 8.04. The van der Waals surface area contributed by atoms with Crippen LogP contribution < -0.4 is 5.73 Å². The smallest absolute Gasteiger partial charge is 0.236 e. The summed E-state index contributed by atoms with van der Waals surface area (Å²) in [7, 11) is 1.87. The van der Waals surface area contributed by atoms with Gasteiger partial charge in [-0.25, -0.2) is 0 Å². The fourth-order valence-electron chi connectivity index (χ4n) is 2.00. The third-order valence-corrected chi connectivity index (χ3v) is 3.12. The third-order valence-electron chi connectivity index (χ3n) is 3.12. The summed E-state index contributed by atoms with van der Waals surface area (Å²) in [4.78, 5) is 16.2. The quantitative estimate of drug-likeness (QED) is 0.687. The lowest BCUT2D eigenvalue weighted by molar-refractivity contribution is -0.131. The van der Waals surface area contributed by atoms with Crippen molar-refractivity contribution in [2.45, 2.75) is 39.2 Å². The molecule has 0 unspecified atom stereocenters. The van der Waals surface area contributed by atoms with Gasteiger partial charge >= 0.3 is 0 Å². The molecule has 1 amide bonds. The molecule has 0 aromatic rings. The molecule has 0 radical (unpaired) electrons. The van der Waals surface area contributed by atoms with Crippen LogP contribution in [0.25, 0.3) is 0 Å². The molecule has 0 aromatic carbocycles. The Bertz CT molecular complexity index is 239. The van der Waals surface area contributed by atoms with Gasteiger partial charge in [-0.05, 0) is 31.7 Å². The van der Waals surface area contributed by atoms with Gasteiger partial charge in [0.15, 0.2) is 0 Å². The van der Waals surface area contributed by atoms with Crippen molar-refractivity contribution in [2.24, 2.45) is 11.7 Å². The molecule has 0 spiro atoms. The Labute approximate surface area is 105 Å². The summed E-state index contributed by atoms with van der Waals surface area (Å²) in [5.41, 5.74) is 5.45. The number of hydrogen-bond donors (Lipinski definition) is 1. The van der Waals surface area contributed by atoms with Crippen LogP contribution in [0.1, 0.15) is 33.1 Å². The number of amides is 1. The van der Waals surface area contributed by atoms with E-state index >= 15 is 0 Å². The monoisotopic (exact) mass is 241 g/mol. The molecule has 1 aliphatic rings. The molecule has 1 fully saturated rings. The standard InChI is InChI=1S/C13H27N3O/c1-11(2)9-16(12-5-6-12)10-13(17)15(3)8-4-7-14/h11-12H,4-10,14H2,1-3H3. The minimum Gasteiger partial charge on any atom is -0.345 e. The number of carbonyl (C=O) groups is 1. The molecule has 0 aromatic heterocycles. The van der Waals surface area contributed by atoms with Crippen molar-refractivity contribution >= 4 is 5.91 Å². The van der Waals surface area contributed by atoms with Crippen LogP contribution in [0.15, 0.2) is 0 Å². The fraction of sp³-hybridized carbons (Fsp3) is 0.923. The average Bonchev–Trinajstić information content (AvgIpc) is 3.07. The second-order valence-corrected chi connectivity index (χ2v) is 5.51. The third kappa shape index (κ3) is 5.50. The molecule has 4 heteroatoms. The number of rotatable bonds is 8. The van der Waals surface area contributed by atoms with E-state index in [0.29, 0.717) is 25.0 Å². The summed E-state index contributed by atoms with van der Waals surface area (Å²) < 4.78 is 0. The Kier molecular flexibility index (Phi) is 5.92. The number of carbonyl (C=O) groups excluding carboxylic acids is 1. The molecular weight excluding hydrogens is 214 g/mol. The van der Waals surface area contributed by atoms with E-state index in [1.807, 2.05) is 11.9 Å². The lowest BCUT2D eigenvalue weighted by Crippen LogP contribution is -2.41. The molecule has 0 saturated heterocycles. The first kappa shape index (κ1) is 14.5. The van der Waals surface area contributed by atoms with E-state index in [-0.39, 0.29) is 5.91 Å². The van der Waals surface area contributed by atoms with Gasteiger partial charge in [-0.15, -0.1) is 0 Å². The number of hydrogen-bond acceptors (Lipinski definition) is 3. The van der Waals surface area contributed by atoms with E-state index in [1.54, 1.807) is 0 Å². The molecule has 1 aliphatic carbocycles. The van der Waals surface area contributed by atoms with Crippen molar-refractivity contribution in [3.8, 4) is 0 Å². The Morgan fingerprint density at radius 1 is 1.41 bits per heavy atom. The molecule has 17 heavy (non-hydrogen) atoms. The van der Waals surface area contributed by atoms with Crippen molar-refractivity contribution in [1.29, 1.82) is 0 Å². The minimum absolute atomic E-state index is 0.228. The number of likely N-dealkylation sites (N-methyl/N-ethyl adjacent to an activating group) is 1. The zero-order chi connectivity index (χ0) is 12.8. The van der Waals surface area contributed by atoms with Crippen LogP contribution >= 0.6 is 0 Å². The average molecular weight is 241 g/mol. The summed E-state index contributed by atoms with van der Waals surface area (Å²) in [6.07, 6.45) is 3.40. The van der Waals surface area contributed by atoms with Gasteiger partial charge in [0.05, 0.1) is 6.54 Å². The first-order valence-corrected chi connectivity index (χ1v) is 6.72. The van der Waals surface area contributed by atoms with Gasteiger partial charge in [0, 0.05) is 26.2 Å². The Morgan fingerprint density at radius 2 is 2.06 bits per heavy atom. The van der Waals surface area contributed by atoms with Crippen molar-refractivity contribution < 1.29 is 4.79 Å². The van der Waals surface area contributed by atoms with Gasteiger partial charge in [0.2, 0.25) is 5.91 Å². The minimum atomic E-state index is 0.228. The normalized spacial score (nSPS) is 15.6. The van der Waals surface area contributed by atoms with Crippen LogP contribution in [0.3, 0.4) is 0 Å². The van der Waals surface area contributed by atoms with Crippen LogP contribution in [0, 0.1) is 5.92 Å². The topological polar surface area (TPSA) is 49.6 Å². The Morgan fingerprint density at radius 3 is 2.53 bits per heavy atom. The van der Waals surface area contributed by atoms with E-state index in [0.717, 1.165) is 19.5 Å². The molecule has 100 valence electrons. The van der Waals surface area contributed by atoms with E-state index in [4.69, 9.17) is 5.73 Å². The molecule has 4 nitrogen and oxygen atoms in total. The summed E-state index contributed by atoms with van der Waals surface area (Å²) >= 11 is 0. The molecule has 1 rings (SSSR count). The highest BCUT2D eigenvalue weighted by Crippen LogP contribution is 2.27. The number of nitrogens with zero attached hydrogens (tertiary/aromatic N) is 2. The predicted molar refractivity (Wildman–Crippen MR) is 70.7 cm³/mol. The molecule has 2 N–H and O–H groups in total. The van der Waals surface area contributed by atoms with Crippen molar-refractivity contribution in [3.05, 3.63) is 0 Å². The molecule has 0 heterocycles. The molecule has 0 atom stereocenters. The van der Waals surface area contributed by atoms with Gasteiger partial charge in [0.1, 0.15) is 0 Å². The molecule has 1 saturated carbocycles. The number of nitrogens with two attached hydrogens (primary N) is 1. The molecule has 0 bridgehead atoms. The maximum atomic E-state index is 12.0. The largest absolute Gasteiger partial charge is 0.345 e. The van der Waals surface area contributed by atoms with E-state index in [9.17, 15) is 4.79 Å². The van der Waals surface area contributed by atoms with Gasteiger partial charge in [-0.1, -0.05) is 13.8 Å². The molecule has 0 aliphatic heterocycles. The second kappa shape index (κ2) is 6.97. The van der Waals surface area contributed by atoms with Crippen molar-refractivity contribution in [2.75, 3.05) is 33.2 Å². The Hall–Kier alpha value is -0.610. The Balaban J connectivity index is 2.35. The van der Waals surface area contributed by atoms with E-state index in [1.165, 1.54) is 12.8 Å². The van der Waals surface area contributed by atoms with Crippen LogP contribution in [0.2, 0.25) is 0 Å². The zero-order valence-electron chi connectivity index (χ0n) is 11.5. The van der Waals surface area contributed by atoms with Crippen molar-refractivity contribution in [1.82, 2.24) is 9.80 Å². The maximum Gasteiger partial charge on any atom is 0.236 e. The fourth-order valence-corrected chi connectivity index (χ4v) is 2.00. The summed E-state index contributed by atoms with van der Waals surface area (Å²) in [5.74, 6) is 0.851. The van der Waals surface area contributed by atoms with Gasteiger partial charge < -0.3 is 10.6 Å². The van der Waals surface area contributed by atoms with Crippen LogP contribution in [-0.4, -0.2) is 55.0 Å².